The van der Waals surface area contributed by atoms with Crippen molar-refractivity contribution in [1.82, 2.24) is 15.2 Å². The molecule has 1 saturated heterocycles. The molecule has 0 aliphatic carbocycles. The van der Waals surface area contributed by atoms with Crippen LogP contribution in [0, 0.1) is 0 Å². The molecule has 0 spiro atoms. The number of hydrogen-bond donors (Lipinski definition) is 1. The number of nitrogens with one attached hydrogen (secondary N) is 1. The van der Waals surface area contributed by atoms with Gasteiger partial charge in [-0.3, -0.25) is 14.2 Å². The fourth-order valence-electron chi connectivity index (χ4n) is 4.78. The Balaban J connectivity index is 1.50. The van der Waals surface area contributed by atoms with Crippen molar-refractivity contribution in [3.63, 3.8) is 0 Å². The van der Waals surface area contributed by atoms with E-state index in [1.54, 1.807) is 22.6 Å². The van der Waals surface area contributed by atoms with Crippen LogP contribution in [0.2, 0.25) is 0 Å². The van der Waals surface area contributed by atoms with Crippen LogP contribution >= 0.6 is 0 Å². The van der Waals surface area contributed by atoms with Gasteiger partial charge in [-0.2, -0.15) is 0 Å². The van der Waals surface area contributed by atoms with Gasteiger partial charge in [-0.15, -0.1) is 0 Å². The zero-order valence-corrected chi connectivity index (χ0v) is 17.4. The topological polar surface area (TPSA) is 74.8 Å². The molecule has 4 heterocycles. The van der Waals surface area contributed by atoms with Crippen molar-refractivity contribution < 1.29 is 13.2 Å². The minimum atomic E-state index is -3.69. The van der Waals surface area contributed by atoms with Crippen LogP contribution in [-0.2, 0) is 16.4 Å². The average Bonchev–Trinajstić information content (AvgIpc) is 3.38. The van der Waals surface area contributed by atoms with Crippen LogP contribution in [0.5, 0.6) is 5.75 Å². The van der Waals surface area contributed by atoms with Crippen molar-refractivity contribution in [2.45, 2.75) is 36.2 Å². The normalized spacial score (nSPS) is 22.4. The Hall–Kier alpha value is -2.16. The summed E-state index contributed by atoms with van der Waals surface area (Å²) in [6, 6.07) is 9.52. The van der Waals surface area contributed by atoms with Crippen LogP contribution in [0.3, 0.4) is 0 Å². The number of hydrogen-bond acceptors (Lipinski definition) is 6. The molecule has 8 heteroatoms. The molecule has 3 aliphatic rings. The lowest BCUT2D eigenvalue weighted by atomic mass is 10.0. The van der Waals surface area contributed by atoms with Gasteiger partial charge in [-0.05, 0) is 44.2 Å². The summed E-state index contributed by atoms with van der Waals surface area (Å²) in [6.45, 7) is 2.82. The molecule has 1 atom stereocenters. The Morgan fingerprint density at radius 1 is 1.17 bits per heavy atom. The summed E-state index contributed by atoms with van der Waals surface area (Å²) in [5, 5.41) is 3.35. The van der Waals surface area contributed by atoms with Gasteiger partial charge in [0, 0.05) is 37.3 Å². The van der Waals surface area contributed by atoms with E-state index >= 15 is 0 Å². The molecule has 5 rings (SSSR count). The Morgan fingerprint density at radius 2 is 2.00 bits per heavy atom. The highest BCUT2D eigenvalue weighted by atomic mass is 32.2. The summed E-state index contributed by atoms with van der Waals surface area (Å²) in [7, 11) is -1.69. The van der Waals surface area contributed by atoms with Crippen LogP contribution < -0.4 is 14.4 Å². The molecular weight excluding hydrogens is 388 g/mol. The van der Waals surface area contributed by atoms with Gasteiger partial charge in [-0.25, -0.2) is 8.42 Å². The SMILES string of the molecule is CNC1CCN(C2CN(S(=O)(=O)c3cccc4c3CCO4)c3cccnc32)CC1. The number of pyridine rings is 1. The fourth-order valence-corrected chi connectivity index (χ4v) is 6.54. The molecule has 1 N–H and O–H groups in total. The predicted octanol–water partition coefficient (Wildman–Crippen LogP) is 1.95. The first-order chi connectivity index (χ1) is 14.1. The second-order valence-corrected chi connectivity index (χ2v) is 9.72. The molecule has 0 radical (unpaired) electrons. The zero-order chi connectivity index (χ0) is 20.0. The molecule has 7 nitrogen and oxygen atoms in total. The van der Waals surface area contributed by atoms with Crippen molar-refractivity contribution in [2.75, 3.05) is 37.6 Å². The zero-order valence-electron chi connectivity index (χ0n) is 16.5. The number of fused-ring (bicyclic) bond motifs is 2. The first-order valence-electron chi connectivity index (χ1n) is 10.2. The third kappa shape index (κ3) is 3.10. The molecule has 29 heavy (non-hydrogen) atoms. The van der Waals surface area contributed by atoms with E-state index in [1.165, 1.54) is 0 Å². The number of piperidine rings is 1. The number of ether oxygens (including phenoxy) is 1. The lowest BCUT2D eigenvalue weighted by Crippen LogP contribution is -2.44. The Labute approximate surface area is 171 Å². The fraction of sp³-hybridized carbons (Fsp3) is 0.476. The number of sulfonamides is 1. The molecule has 1 aromatic heterocycles. The largest absolute Gasteiger partial charge is 0.493 e. The quantitative estimate of drug-likeness (QED) is 0.824. The second-order valence-electron chi connectivity index (χ2n) is 7.89. The molecular formula is C21H26N4O3S. The Morgan fingerprint density at radius 3 is 2.79 bits per heavy atom. The molecule has 1 fully saturated rings. The molecule has 1 aromatic carbocycles. The lowest BCUT2D eigenvalue weighted by Gasteiger charge is -2.35. The van der Waals surface area contributed by atoms with Crippen molar-refractivity contribution in [2.24, 2.45) is 0 Å². The first-order valence-corrected chi connectivity index (χ1v) is 11.7. The molecule has 2 aromatic rings. The first kappa shape index (κ1) is 18.8. The number of aromatic nitrogens is 1. The lowest BCUT2D eigenvalue weighted by molar-refractivity contribution is 0.152. The van der Waals surface area contributed by atoms with Crippen LogP contribution in [0.1, 0.15) is 30.1 Å². The van der Waals surface area contributed by atoms with Gasteiger partial charge in [0.25, 0.3) is 10.0 Å². The van der Waals surface area contributed by atoms with Gasteiger partial charge in [0.15, 0.2) is 0 Å². The van der Waals surface area contributed by atoms with E-state index in [9.17, 15) is 8.42 Å². The van der Waals surface area contributed by atoms with E-state index in [1.807, 2.05) is 25.2 Å². The van der Waals surface area contributed by atoms with Gasteiger partial charge in [0.2, 0.25) is 0 Å². The van der Waals surface area contributed by atoms with E-state index in [0.29, 0.717) is 41.9 Å². The molecule has 3 aliphatic heterocycles. The summed E-state index contributed by atoms with van der Waals surface area (Å²) in [5.41, 5.74) is 2.35. The van der Waals surface area contributed by atoms with Gasteiger partial charge in [0.1, 0.15) is 5.75 Å². The summed E-state index contributed by atoms with van der Waals surface area (Å²) in [4.78, 5) is 7.34. The van der Waals surface area contributed by atoms with Crippen molar-refractivity contribution >= 4 is 15.7 Å². The third-order valence-corrected chi connectivity index (χ3v) is 8.25. The highest BCUT2D eigenvalue weighted by molar-refractivity contribution is 7.93. The minimum Gasteiger partial charge on any atom is -0.493 e. The maximum atomic E-state index is 13.7. The third-order valence-electron chi connectivity index (χ3n) is 6.39. The van der Waals surface area contributed by atoms with E-state index in [2.05, 4.69) is 15.2 Å². The number of rotatable bonds is 4. The highest BCUT2D eigenvalue weighted by Gasteiger charge is 2.42. The maximum Gasteiger partial charge on any atom is 0.264 e. The van der Waals surface area contributed by atoms with Gasteiger partial charge >= 0.3 is 0 Å². The molecule has 1 unspecified atom stereocenters. The van der Waals surface area contributed by atoms with Crippen molar-refractivity contribution in [3.8, 4) is 5.75 Å². The number of nitrogens with zero attached hydrogens (tertiary/aromatic N) is 3. The molecule has 154 valence electrons. The van der Waals surface area contributed by atoms with Crippen LogP contribution in [0.15, 0.2) is 41.4 Å². The van der Waals surface area contributed by atoms with Crippen LogP contribution in [0.25, 0.3) is 0 Å². The Kier molecular flexibility index (Phi) is 4.72. The highest BCUT2D eigenvalue weighted by Crippen LogP contribution is 2.42. The minimum absolute atomic E-state index is 0.00760. The average molecular weight is 415 g/mol. The number of anilines is 1. The number of benzene rings is 1. The van der Waals surface area contributed by atoms with E-state index in [-0.39, 0.29) is 6.04 Å². The monoisotopic (exact) mass is 414 g/mol. The summed E-state index contributed by atoms with van der Waals surface area (Å²) >= 11 is 0. The summed E-state index contributed by atoms with van der Waals surface area (Å²) in [6.07, 6.45) is 4.51. The number of likely N-dealkylation sites (tertiary alicyclic amines) is 1. The summed E-state index contributed by atoms with van der Waals surface area (Å²) < 4.78 is 34.5. The van der Waals surface area contributed by atoms with Crippen molar-refractivity contribution in [1.29, 1.82) is 0 Å². The van der Waals surface area contributed by atoms with E-state index in [4.69, 9.17) is 4.74 Å². The predicted molar refractivity (Wildman–Crippen MR) is 111 cm³/mol. The molecule has 0 amide bonds. The van der Waals surface area contributed by atoms with Gasteiger partial charge in [-0.1, -0.05) is 6.07 Å². The molecule has 0 bridgehead atoms. The maximum absolute atomic E-state index is 13.7. The van der Waals surface area contributed by atoms with Gasteiger partial charge < -0.3 is 10.1 Å². The van der Waals surface area contributed by atoms with Gasteiger partial charge in [0.05, 0.1) is 35.5 Å². The van der Waals surface area contributed by atoms with Crippen LogP contribution in [0.4, 0.5) is 5.69 Å². The second kappa shape index (κ2) is 7.27. The summed E-state index contributed by atoms with van der Waals surface area (Å²) in [5.74, 6) is 0.683. The smallest absolute Gasteiger partial charge is 0.264 e. The Bertz CT molecular complexity index is 1020. The van der Waals surface area contributed by atoms with Crippen molar-refractivity contribution in [3.05, 3.63) is 47.8 Å². The van der Waals surface area contributed by atoms with E-state index in [0.717, 1.165) is 37.2 Å². The molecule has 0 saturated carbocycles. The van der Waals surface area contributed by atoms with Crippen LogP contribution in [-0.4, -0.2) is 57.6 Å². The standard InChI is InChI=1S/C21H26N4O3S/c1-22-15-7-11-24(12-8-15)18-14-25(17-4-3-10-23-21(17)18)29(26,27)20-6-2-5-19-16(20)9-13-28-19/h2-6,10,15,18,22H,7-9,11-14H2,1H3. The van der Waals surface area contributed by atoms with E-state index < -0.39 is 10.0 Å².